The van der Waals surface area contributed by atoms with E-state index < -0.39 is 17.8 Å². The van der Waals surface area contributed by atoms with Crippen molar-refractivity contribution in [2.24, 2.45) is 0 Å². The number of carbonyl (C=O) groups is 1. The molecule has 2 aromatic rings. The molecule has 1 atom stereocenters. The Labute approximate surface area is 142 Å². The van der Waals surface area contributed by atoms with E-state index in [-0.39, 0.29) is 11.5 Å². The highest BCUT2D eigenvalue weighted by molar-refractivity contribution is 5.87. The van der Waals surface area contributed by atoms with Gasteiger partial charge in [-0.1, -0.05) is 12.1 Å². The minimum Gasteiger partial charge on any atom is -0.478 e. The minimum absolute atomic E-state index is 0.0179. The summed E-state index contributed by atoms with van der Waals surface area (Å²) in [7, 11) is 0. The van der Waals surface area contributed by atoms with Crippen molar-refractivity contribution >= 4 is 5.97 Å². The van der Waals surface area contributed by atoms with Gasteiger partial charge in [0.05, 0.1) is 5.56 Å². The van der Waals surface area contributed by atoms with Crippen LogP contribution in [-0.4, -0.2) is 39.3 Å². The molecule has 1 aromatic carbocycles. The Balaban J connectivity index is 1.65. The largest absolute Gasteiger partial charge is 0.478 e. The number of hydrogen-bond donors (Lipinski definition) is 2. The molecule has 1 aliphatic heterocycles. The molecule has 1 aliphatic rings. The minimum atomic E-state index is -4.44. The Morgan fingerprint density at radius 2 is 2.04 bits per heavy atom. The zero-order chi connectivity index (χ0) is 18.0. The van der Waals surface area contributed by atoms with Crippen LogP contribution < -0.4 is 0 Å². The molecule has 5 nitrogen and oxygen atoms in total. The number of H-pyrrole nitrogens is 1. The summed E-state index contributed by atoms with van der Waals surface area (Å²) >= 11 is 0. The number of benzene rings is 1. The predicted molar refractivity (Wildman–Crippen MR) is 84.2 cm³/mol. The molecule has 1 aromatic heterocycles. The van der Waals surface area contributed by atoms with Crippen molar-refractivity contribution in [1.29, 1.82) is 0 Å². The van der Waals surface area contributed by atoms with Gasteiger partial charge < -0.3 is 5.11 Å². The van der Waals surface area contributed by atoms with Gasteiger partial charge in [-0.3, -0.25) is 10.00 Å². The molecule has 1 fully saturated rings. The molecule has 2 heterocycles. The summed E-state index contributed by atoms with van der Waals surface area (Å²) in [5.41, 5.74) is 0.839. The molecule has 1 saturated heterocycles. The fourth-order valence-electron chi connectivity index (χ4n) is 3.15. The predicted octanol–water partition coefficient (Wildman–Crippen LogP) is 3.51. The highest BCUT2D eigenvalue weighted by atomic mass is 19.4. The summed E-state index contributed by atoms with van der Waals surface area (Å²) in [5, 5.41) is 14.8. The molecule has 25 heavy (non-hydrogen) atoms. The van der Waals surface area contributed by atoms with Gasteiger partial charge in [0.15, 0.2) is 5.69 Å². The second-order valence-electron chi connectivity index (χ2n) is 6.28. The number of carboxylic acids is 1. The smallest absolute Gasteiger partial charge is 0.435 e. The van der Waals surface area contributed by atoms with Crippen LogP contribution in [0.25, 0.3) is 0 Å². The average Bonchev–Trinajstić information content (AvgIpc) is 3.06. The van der Waals surface area contributed by atoms with E-state index in [1.165, 1.54) is 0 Å². The number of hydrogen-bond acceptors (Lipinski definition) is 3. The van der Waals surface area contributed by atoms with Gasteiger partial charge in [0.25, 0.3) is 0 Å². The standard InChI is InChI=1S/C17H18F3N3O2/c18-17(19,20)15-8-14(21-22-15)13-2-1-7-23(10-13)9-11-3-5-12(6-4-11)16(24)25/h3-6,8,13H,1-2,7,9-10H2,(H,21,22)(H,24,25). The molecule has 0 aliphatic carbocycles. The van der Waals surface area contributed by atoms with Gasteiger partial charge in [0.2, 0.25) is 0 Å². The van der Waals surface area contributed by atoms with Crippen molar-refractivity contribution < 1.29 is 23.1 Å². The van der Waals surface area contributed by atoms with E-state index in [0.717, 1.165) is 31.0 Å². The van der Waals surface area contributed by atoms with Gasteiger partial charge in [-0.05, 0) is 43.1 Å². The third kappa shape index (κ3) is 4.19. The van der Waals surface area contributed by atoms with Crippen molar-refractivity contribution in [3.05, 3.63) is 52.8 Å². The van der Waals surface area contributed by atoms with E-state index in [2.05, 4.69) is 15.1 Å². The molecule has 2 N–H and O–H groups in total. The molecule has 134 valence electrons. The summed E-state index contributed by atoms with van der Waals surface area (Å²) in [4.78, 5) is 13.0. The lowest BCUT2D eigenvalue weighted by molar-refractivity contribution is -0.141. The van der Waals surface area contributed by atoms with Gasteiger partial charge in [0, 0.05) is 24.7 Å². The molecule has 1 unspecified atom stereocenters. The summed E-state index contributed by atoms with van der Waals surface area (Å²) < 4.78 is 38.1. The molecule has 0 bridgehead atoms. The van der Waals surface area contributed by atoms with Gasteiger partial charge in [-0.2, -0.15) is 18.3 Å². The van der Waals surface area contributed by atoms with Crippen LogP contribution in [0.3, 0.4) is 0 Å². The van der Waals surface area contributed by atoms with Crippen LogP contribution >= 0.6 is 0 Å². The van der Waals surface area contributed by atoms with Crippen LogP contribution in [0.5, 0.6) is 0 Å². The van der Waals surface area contributed by atoms with Crippen LogP contribution in [0.4, 0.5) is 13.2 Å². The molecule has 0 saturated carbocycles. The van der Waals surface area contributed by atoms with Gasteiger partial charge in [0.1, 0.15) is 0 Å². The zero-order valence-electron chi connectivity index (χ0n) is 13.4. The van der Waals surface area contributed by atoms with Crippen molar-refractivity contribution in [2.75, 3.05) is 13.1 Å². The lowest BCUT2D eigenvalue weighted by atomic mass is 9.94. The number of piperidine rings is 1. The molecule has 3 rings (SSSR count). The van der Waals surface area contributed by atoms with Crippen LogP contribution in [0.1, 0.15) is 46.1 Å². The maximum Gasteiger partial charge on any atom is 0.435 e. The Morgan fingerprint density at radius 3 is 2.64 bits per heavy atom. The lowest BCUT2D eigenvalue weighted by Gasteiger charge is -2.32. The number of aromatic carboxylic acids is 1. The van der Waals surface area contributed by atoms with Crippen molar-refractivity contribution in [2.45, 2.75) is 31.5 Å². The summed E-state index contributed by atoms with van der Waals surface area (Å²) in [6.45, 7) is 2.13. The number of carboxylic acid groups (broad SMARTS) is 1. The molecular formula is C17H18F3N3O2. The van der Waals surface area contributed by atoms with Gasteiger partial charge >= 0.3 is 12.1 Å². The Morgan fingerprint density at radius 1 is 1.32 bits per heavy atom. The number of alkyl halides is 3. The number of likely N-dealkylation sites (tertiary alicyclic amines) is 1. The fourth-order valence-corrected chi connectivity index (χ4v) is 3.15. The second-order valence-corrected chi connectivity index (χ2v) is 6.28. The molecule has 8 heteroatoms. The maximum atomic E-state index is 12.7. The lowest BCUT2D eigenvalue weighted by Crippen LogP contribution is -2.34. The quantitative estimate of drug-likeness (QED) is 0.883. The van der Waals surface area contributed by atoms with Crippen LogP contribution in [0.2, 0.25) is 0 Å². The van der Waals surface area contributed by atoms with Crippen molar-refractivity contribution in [3.63, 3.8) is 0 Å². The SMILES string of the molecule is O=C(O)c1ccc(CN2CCCC(c3cc(C(F)(F)F)n[nH]3)C2)cc1. The highest BCUT2D eigenvalue weighted by Gasteiger charge is 2.35. The Hall–Kier alpha value is -2.35. The number of aromatic amines is 1. The summed E-state index contributed by atoms with van der Waals surface area (Å²) in [5.74, 6) is -0.986. The average molecular weight is 353 g/mol. The maximum absolute atomic E-state index is 12.7. The highest BCUT2D eigenvalue weighted by Crippen LogP contribution is 2.32. The topological polar surface area (TPSA) is 69.2 Å². The molecule has 0 radical (unpaired) electrons. The van der Waals surface area contributed by atoms with E-state index >= 15 is 0 Å². The van der Waals surface area contributed by atoms with Crippen molar-refractivity contribution in [3.8, 4) is 0 Å². The first kappa shape index (κ1) is 17.5. The second kappa shape index (κ2) is 6.87. The first-order chi connectivity index (χ1) is 11.8. The van der Waals surface area contributed by atoms with Gasteiger partial charge in [-0.25, -0.2) is 4.79 Å². The number of aromatic nitrogens is 2. The van der Waals surface area contributed by atoms with Crippen LogP contribution in [0, 0.1) is 0 Å². The Bertz CT molecular complexity index is 740. The molecule has 0 amide bonds. The number of halogens is 3. The number of rotatable bonds is 4. The van der Waals surface area contributed by atoms with E-state index in [9.17, 15) is 18.0 Å². The Kier molecular flexibility index (Phi) is 4.80. The zero-order valence-corrected chi connectivity index (χ0v) is 13.4. The summed E-state index contributed by atoms with van der Waals surface area (Å²) in [6, 6.07) is 7.75. The van der Waals surface area contributed by atoms with Crippen LogP contribution in [-0.2, 0) is 12.7 Å². The summed E-state index contributed by atoms with van der Waals surface area (Å²) in [6.07, 6.45) is -2.73. The normalized spacial score (nSPS) is 19.1. The van der Waals surface area contributed by atoms with E-state index in [4.69, 9.17) is 5.11 Å². The number of nitrogens with one attached hydrogen (secondary N) is 1. The third-order valence-electron chi connectivity index (χ3n) is 4.44. The monoisotopic (exact) mass is 353 g/mol. The van der Waals surface area contributed by atoms with Crippen LogP contribution in [0.15, 0.2) is 30.3 Å². The van der Waals surface area contributed by atoms with E-state index in [0.29, 0.717) is 18.8 Å². The molecular weight excluding hydrogens is 335 g/mol. The number of nitrogens with zero attached hydrogens (tertiary/aromatic N) is 2. The molecule has 0 spiro atoms. The van der Waals surface area contributed by atoms with Crippen molar-refractivity contribution in [1.82, 2.24) is 15.1 Å². The first-order valence-electron chi connectivity index (χ1n) is 8.00. The van der Waals surface area contributed by atoms with Gasteiger partial charge in [-0.15, -0.1) is 0 Å². The fraction of sp³-hybridized carbons (Fsp3) is 0.412. The third-order valence-corrected chi connectivity index (χ3v) is 4.44. The van der Waals surface area contributed by atoms with E-state index in [1.807, 2.05) is 0 Å². The van der Waals surface area contributed by atoms with E-state index in [1.54, 1.807) is 24.3 Å². The first-order valence-corrected chi connectivity index (χ1v) is 8.00.